The largest absolute Gasteiger partial charge is 0.394 e. The van der Waals surface area contributed by atoms with Crippen molar-refractivity contribution in [1.82, 2.24) is 5.32 Å². The molecule has 2 N–H and O–H groups in total. The maximum atomic E-state index is 10.9. The Balaban J connectivity index is 2.06. The van der Waals surface area contributed by atoms with Gasteiger partial charge >= 0.3 is 0 Å². The Hall–Kier alpha value is -0.980. The predicted molar refractivity (Wildman–Crippen MR) is 80.5 cm³/mol. The Morgan fingerprint density at radius 1 is 1.35 bits per heavy atom. The van der Waals surface area contributed by atoms with Gasteiger partial charge in [-0.1, -0.05) is 25.3 Å². The number of aliphatic hydroxyl groups is 1. The van der Waals surface area contributed by atoms with E-state index in [-0.39, 0.29) is 17.8 Å². The third-order valence-electron chi connectivity index (χ3n) is 3.99. The lowest BCUT2D eigenvalue weighted by molar-refractivity contribution is -0.385. The Labute approximate surface area is 126 Å². The maximum Gasteiger partial charge on any atom is 0.283 e. The lowest BCUT2D eigenvalue weighted by atomic mass is 9.82. The van der Waals surface area contributed by atoms with Crippen molar-refractivity contribution in [2.45, 2.75) is 44.2 Å². The molecule has 0 aromatic heterocycles. The number of halogens is 1. The third kappa shape index (κ3) is 3.56. The second kappa shape index (κ2) is 6.65. The number of nitrogens with zero attached hydrogens (tertiary/aromatic N) is 1. The highest BCUT2D eigenvalue weighted by molar-refractivity contribution is 9.10. The molecule has 6 heteroatoms. The van der Waals surface area contributed by atoms with Crippen molar-refractivity contribution in [1.29, 1.82) is 0 Å². The smallest absolute Gasteiger partial charge is 0.283 e. The number of rotatable bonds is 5. The molecule has 0 saturated heterocycles. The van der Waals surface area contributed by atoms with E-state index in [1.54, 1.807) is 12.1 Å². The zero-order valence-electron chi connectivity index (χ0n) is 11.3. The number of benzene rings is 1. The van der Waals surface area contributed by atoms with E-state index >= 15 is 0 Å². The standard InChI is InChI=1S/C14H19BrN2O3/c15-12-5-4-11(8-13(12)17(19)20)9-16-14(10-18)6-2-1-3-7-14/h4-5,8,16,18H,1-3,6-7,9-10H2. The van der Waals surface area contributed by atoms with Crippen molar-refractivity contribution in [3.63, 3.8) is 0 Å². The van der Waals surface area contributed by atoms with Gasteiger partial charge in [-0.05, 0) is 40.4 Å². The van der Waals surface area contributed by atoms with Gasteiger partial charge in [0, 0.05) is 18.2 Å². The summed E-state index contributed by atoms with van der Waals surface area (Å²) in [5.41, 5.74) is 0.712. The second-order valence-electron chi connectivity index (χ2n) is 5.40. The van der Waals surface area contributed by atoms with Gasteiger partial charge in [0.05, 0.1) is 16.0 Å². The molecule has 0 amide bonds. The first-order chi connectivity index (χ1) is 9.56. The quantitative estimate of drug-likeness (QED) is 0.636. The molecule has 1 saturated carbocycles. The Morgan fingerprint density at radius 3 is 2.65 bits per heavy atom. The van der Waals surface area contributed by atoms with E-state index in [4.69, 9.17) is 0 Å². The minimum Gasteiger partial charge on any atom is -0.394 e. The summed E-state index contributed by atoms with van der Waals surface area (Å²) in [7, 11) is 0. The topological polar surface area (TPSA) is 75.4 Å². The van der Waals surface area contributed by atoms with Crippen LogP contribution in [0.2, 0.25) is 0 Å². The van der Waals surface area contributed by atoms with E-state index in [9.17, 15) is 15.2 Å². The van der Waals surface area contributed by atoms with Gasteiger partial charge in [-0.15, -0.1) is 0 Å². The first-order valence-electron chi connectivity index (χ1n) is 6.85. The lowest BCUT2D eigenvalue weighted by Crippen LogP contribution is -2.49. The number of nitro benzene ring substituents is 1. The highest BCUT2D eigenvalue weighted by atomic mass is 79.9. The third-order valence-corrected chi connectivity index (χ3v) is 4.66. The second-order valence-corrected chi connectivity index (χ2v) is 6.25. The molecule has 110 valence electrons. The van der Waals surface area contributed by atoms with E-state index in [1.165, 1.54) is 6.42 Å². The molecular weight excluding hydrogens is 324 g/mol. The summed E-state index contributed by atoms with van der Waals surface area (Å²) >= 11 is 3.18. The van der Waals surface area contributed by atoms with Gasteiger partial charge in [-0.3, -0.25) is 10.1 Å². The molecule has 0 unspecified atom stereocenters. The summed E-state index contributed by atoms with van der Waals surface area (Å²) in [6, 6.07) is 5.13. The van der Waals surface area contributed by atoms with Gasteiger partial charge in [0.15, 0.2) is 0 Å². The normalized spacial score (nSPS) is 17.9. The van der Waals surface area contributed by atoms with Crippen LogP contribution in [0.3, 0.4) is 0 Å². The van der Waals surface area contributed by atoms with Crippen LogP contribution in [0.5, 0.6) is 0 Å². The number of aliphatic hydroxyl groups excluding tert-OH is 1. The molecule has 0 heterocycles. The molecule has 20 heavy (non-hydrogen) atoms. The van der Waals surface area contributed by atoms with Crippen molar-refractivity contribution in [2.75, 3.05) is 6.61 Å². The van der Waals surface area contributed by atoms with Crippen LogP contribution in [0.1, 0.15) is 37.7 Å². The van der Waals surface area contributed by atoms with Crippen LogP contribution in [-0.2, 0) is 6.54 Å². The van der Waals surface area contributed by atoms with Crippen molar-refractivity contribution in [3.8, 4) is 0 Å². The zero-order chi connectivity index (χ0) is 14.6. The molecule has 5 nitrogen and oxygen atoms in total. The first-order valence-corrected chi connectivity index (χ1v) is 7.64. The number of hydrogen-bond acceptors (Lipinski definition) is 4. The molecule has 1 fully saturated rings. The molecular formula is C14H19BrN2O3. The first kappa shape index (κ1) is 15.4. The van der Waals surface area contributed by atoms with Crippen LogP contribution >= 0.6 is 15.9 Å². The SMILES string of the molecule is O=[N+]([O-])c1cc(CNC2(CO)CCCCC2)ccc1Br. The highest BCUT2D eigenvalue weighted by Gasteiger charge is 2.30. The fourth-order valence-corrected chi connectivity index (χ4v) is 3.11. The molecule has 1 aliphatic carbocycles. The number of nitro groups is 1. The average molecular weight is 343 g/mol. The summed E-state index contributed by atoms with van der Waals surface area (Å²) < 4.78 is 0.487. The molecule has 0 bridgehead atoms. The fraction of sp³-hybridized carbons (Fsp3) is 0.571. The lowest BCUT2D eigenvalue weighted by Gasteiger charge is -2.36. The van der Waals surface area contributed by atoms with E-state index < -0.39 is 4.92 Å². The summed E-state index contributed by atoms with van der Waals surface area (Å²) in [6.07, 6.45) is 5.37. The van der Waals surface area contributed by atoms with Gasteiger partial charge < -0.3 is 10.4 Å². The van der Waals surface area contributed by atoms with Crippen LogP contribution in [0.4, 0.5) is 5.69 Å². The van der Waals surface area contributed by atoms with E-state index in [1.807, 2.05) is 6.07 Å². The van der Waals surface area contributed by atoms with Crippen LogP contribution < -0.4 is 5.32 Å². The van der Waals surface area contributed by atoms with Crippen LogP contribution in [0.15, 0.2) is 22.7 Å². The summed E-state index contributed by atoms with van der Waals surface area (Å²) in [4.78, 5) is 10.5. The van der Waals surface area contributed by atoms with Crippen LogP contribution in [0, 0.1) is 10.1 Å². The van der Waals surface area contributed by atoms with E-state index in [0.717, 1.165) is 31.2 Å². The Kier molecular flexibility index (Phi) is 5.12. The van der Waals surface area contributed by atoms with Crippen molar-refractivity contribution < 1.29 is 10.0 Å². The maximum absolute atomic E-state index is 10.9. The number of nitrogens with one attached hydrogen (secondary N) is 1. The molecule has 1 aromatic carbocycles. The highest BCUT2D eigenvalue weighted by Crippen LogP contribution is 2.29. The molecule has 0 radical (unpaired) electrons. The Bertz CT molecular complexity index is 487. The summed E-state index contributed by atoms with van der Waals surface area (Å²) in [5, 5.41) is 23.9. The van der Waals surface area contributed by atoms with Crippen LogP contribution in [0.25, 0.3) is 0 Å². The molecule has 1 aliphatic rings. The van der Waals surface area contributed by atoms with Gasteiger partial charge in [0.1, 0.15) is 0 Å². The minimum atomic E-state index is -0.393. The summed E-state index contributed by atoms with van der Waals surface area (Å²) in [6.45, 7) is 0.653. The predicted octanol–water partition coefficient (Wildman–Crippen LogP) is 3.14. The zero-order valence-corrected chi connectivity index (χ0v) is 12.9. The van der Waals surface area contributed by atoms with Crippen molar-refractivity contribution >= 4 is 21.6 Å². The minimum absolute atomic E-state index is 0.0750. The van der Waals surface area contributed by atoms with Gasteiger partial charge in [-0.2, -0.15) is 0 Å². The van der Waals surface area contributed by atoms with Crippen molar-refractivity contribution in [3.05, 3.63) is 38.3 Å². The Morgan fingerprint density at radius 2 is 2.05 bits per heavy atom. The molecule has 0 aliphatic heterocycles. The summed E-state index contributed by atoms with van der Waals surface area (Å²) in [5.74, 6) is 0. The monoisotopic (exact) mass is 342 g/mol. The van der Waals surface area contributed by atoms with Crippen molar-refractivity contribution in [2.24, 2.45) is 0 Å². The number of hydrogen-bond donors (Lipinski definition) is 2. The van der Waals surface area contributed by atoms with Gasteiger partial charge in [-0.25, -0.2) is 0 Å². The molecule has 0 spiro atoms. The van der Waals surface area contributed by atoms with Gasteiger partial charge in [0.25, 0.3) is 5.69 Å². The van der Waals surface area contributed by atoms with Gasteiger partial charge in [0.2, 0.25) is 0 Å². The van der Waals surface area contributed by atoms with E-state index in [0.29, 0.717) is 11.0 Å². The average Bonchev–Trinajstić information content (AvgIpc) is 2.47. The van der Waals surface area contributed by atoms with E-state index in [2.05, 4.69) is 21.2 Å². The molecule has 0 atom stereocenters. The fourth-order valence-electron chi connectivity index (χ4n) is 2.72. The molecule has 1 aromatic rings. The van der Waals surface area contributed by atoms with Crippen LogP contribution in [-0.4, -0.2) is 22.2 Å². The molecule has 2 rings (SSSR count).